The number of rotatable bonds is 5. The van der Waals surface area contributed by atoms with Crippen molar-refractivity contribution in [3.8, 4) is 0 Å². The van der Waals surface area contributed by atoms with E-state index in [9.17, 15) is 9.59 Å². The Bertz CT molecular complexity index is 379. The molecular formula is C13H18N2O2. The second kappa shape index (κ2) is 6.29. The van der Waals surface area contributed by atoms with Crippen molar-refractivity contribution in [2.45, 2.75) is 38.6 Å². The standard InChI is InChI=1S/C13H18N2O2/c1-11(5-8-14-9-16)12-3-6-13(2,7-4-12)15-10-17/h3,6,11-12H,4-5,7-8H2,1-2H3. The van der Waals surface area contributed by atoms with Gasteiger partial charge >= 0.3 is 0 Å². The van der Waals surface area contributed by atoms with Crippen LogP contribution in [0.4, 0.5) is 0 Å². The molecule has 0 saturated heterocycles. The van der Waals surface area contributed by atoms with Crippen molar-refractivity contribution in [3.05, 3.63) is 12.2 Å². The maximum Gasteiger partial charge on any atom is 0.235 e. The van der Waals surface area contributed by atoms with Crippen LogP contribution in [0.25, 0.3) is 0 Å². The molecular weight excluding hydrogens is 216 g/mol. The first-order valence-corrected chi connectivity index (χ1v) is 5.93. The van der Waals surface area contributed by atoms with Gasteiger partial charge in [-0.25, -0.2) is 14.6 Å². The van der Waals surface area contributed by atoms with Gasteiger partial charge in [-0.1, -0.05) is 19.1 Å². The van der Waals surface area contributed by atoms with E-state index in [2.05, 4.69) is 23.0 Å². The average Bonchev–Trinajstić information content (AvgIpc) is 2.30. The van der Waals surface area contributed by atoms with Crippen LogP contribution in [0, 0.1) is 11.8 Å². The Morgan fingerprint density at radius 2 is 2.24 bits per heavy atom. The number of hydrogen-bond donors (Lipinski definition) is 0. The van der Waals surface area contributed by atoms with Crippen molar-refractivity contribution in [1.29, 1.82) is 0 Å². The van der Waals surface area contributed by atoms with Crippen molar-refractivity contribution >= 4 is 12.2 Å². The lowest BCUT2D eigenvalue weighted by Gasteiger charge is -2.30. The molecule has 17 heavy (non-hydrogen) atoms. The maximum atomic E-state index is 10.3. The lowest BCUT2D eigenvalue weighted by atomic mass is 9.78. The molecule has 0 N–H and O–H groups in total. The monoisotopic (exact) mass is 234 g/mol. The van der Waals surface area contributed by atoms with E-state index in [4.69, 9.17) is 0 Å². The van der Waals surface area contributed by atoms with Gasteiger partial charge in [0.05, 0.1) is 12.1 Å². The molecule has 3 atom stereocenters. The van der Waals surface area contributed by atoms with Gasteiger partial charge in [-0.2, -0.15) is 4.99 Å². The molecule has 4 nitrogen and oxygen atoms in total. The Hall–Kier alpha value is -1.50. The minimum atomic E-state index is -0.376. The predicted molar refractivity (Wildman–Crippen MR) is 65.2 cm³/mol. The minimum Gasteiger partial charge on any atom is -0.211 e. The fourth-order valence-corrected chi connectivity index (χ4v) is 2.17. The Morgan fingerprint density at radius 3 is 2.76 bits per heavy atom. The van der Waals surface area contributed by atoms with Crippen LogP contribution in [-0.4, -0.2) is 24.2 Å². The van der Waals surface area contributed by atoms with Crippen LogP contribution in [-0.2, 0) is 9.59 Å². The van der Waals surface area contributed by atoms with Gasteiger partial charge in [-0.3, -0.25) is 0 Å². The third-order valence-electron chi connectivity index (χ3n) is 3.48. The van der Waals surface area contributed by atoms with Crippen LogP contribution in [0.2, 0.25) is 0 Å². The fraction of sp³-hybridized carbons (Fsp3) is 0.692. The lowest BCUT2D eigenvalue weighted by molar-refractivity contribution is 0.330. The fourth-order valence-electron chi connectivity index (χ4n) is 2.17. The second-order valence-electron chi connectivity index (χ2n) is 4.86. The first kappa shape index (κ1) is 13.6. The van der Waals surface area contributed by atoms with Crippen molar-refractivity contribution < 1.29 is 9.59 Å². The molecule has 0 aromatic rings. The van der Waals surface area contributed by atoms with Gasteiger partial charge < -0.3 is 0 Å². The minimum absolute atomic E-state index is 0.376. The zero-order valence-electron chi connectivity index (χ0n) is 10.3. The van der Waals surface area contributed by atoms with Crippen LogP contribution >= 0.6 is 0 Å². The van der Waals surface area contributed by atoms with Crippen LogP contribution in [0.3, 0.4) is 0 Å². The maximum absolute atomic E-state index is 10.3. The molecule has 0 spiro atoms. The Kier molecular flexibility index (Phi) is 5.02. The number of isocyanates is 2. The topological polar surface area (TPSA) is 58.9 Å². The van der Waals surface area contributed by atoms with E-state index in [1.165, 1.54) is 0 Å². The average molecular weight is 234 g/mol. The second-order valence-corrected chi connectivity index (χ2v) is 4.86. The molecule has 3 unspecified atom stereocenters. The highest BCUT2D eigenvalue weighted by atomic mass is 16.1. The van der Waals surface area contributed by atoms with E-state index in [0.29, 0.717) is 18.4 Å². The molecule has 0 radical (unpaired) electrons. The normalized spacial score (nSPS) is 28.9. The molecule has 0 bridgehead atoms. The van der Waals surface area contributed by atoms with Gasteiger partial charge in [-0.15, -0.1) is 0 Å². The molecule has 92 valence electrons. The predicted octanol–water partition coefficient (Wildman–Crippen LogP) is 2.41. The van der Waals surface area contributed by atoms with Crippen molar-refractivity contribution in [1.82, 2.24) is 0 Å². The van der Waals surface area contributed by atoms with Gasteiger partial charge in [0, 0.05) is 0 Å². The molecule has 4 heteroatoms. The summed E-state index contributed by atoms with van der Waals surface area (Å²) in [4.78, 5) is 27.6. The lowest BCUT2D eigenvalue weighted by Crippen LogP contribution is -2.26. The third-order valence-corrected chi connectivity index (χ3v) is 3.48. The Balaban J connectivity index is 2.54. The van der Waals surface area contributed by atoms with E-state index < -0.39 is 0 Å². The molecule has 0 fully saturated rings. The number of allylic oxidation sites excluding steroid dienone is 1. The van der Waals surface area contributed by atoms with Gasteiger partial charge in [0.1, 0.15) is 0 Å². The van der Waals surface area contributed by atoms with Crippen LogP contribution < -0.4 is 0 Å². The SMILES string of the molecule is CC(CCN=C=O)C1C=CC(C)(N=C=O)CC1. The number of carbonyl (C=O) groups excluding carboxylic acids is 2. The summed E-state index contributed by atoms with van der Waals surface area (Å²) in [6.45, 7) is 4.63. The number of aliphatic imine (C=N–C) groups is 2. The number of hydrogen-bond acceptors (Lipinski definition) is 4. The van der Waals surface area contributed by atoms with E-state index in [1.54, 1.807) is 12.2 Å². The summed E-state index contributed by atoms with van der Waals surface area (Å²) in [5.74, 6) is 0.958. The summed E-state index contributed by atoms with van der Waals surface area (Å²) in [7, 11) is 0. The summed E-state index contributed by atoms with van der Waals surface area (Å²) in [5.41, 5.74) is -0.376. The molecule has 1 aliphatic rings. The van der Waals surface area contributed by atoms with E-state index in [0.717, 1.165) is 19.3 Å². The van der Waals surface area contributed by atoms with E-state index in [-0.39, 0.29) is 5.54 Å². The van der Waals surface area contributed by atoms with Gasteiger partial charge in [0.2, 0.25) is 12.2 Å². The van der Waals surface area contributed by atoms with E-state index in [1.807, 2.05) is 13.0 Å². The highest BCUT2D eigenvalue weighted by Gasteiger charge is 2.27. The summed E-state index contributed by atoms with van der Waals surface area (Å²) in [5, 5.41) is 0. The van der Waals surface area contributed by atoms with Crippen molar-refractivity contribution in [2.24, 2.45) is 21.8 Å². The number of nitrogens with zero attached hydrogens (tertiary/aromatic N) is 2. The molecule has 1 rings (SSSR count). The van der Waals surface area contributed by atoms with Crippen LogP contribution in [0.15, 0.2) is 22.1 Å². The highest BCUT2D eigenvalue weighted by molar-refractivity contribution is 5.36. The first-order valence-electron chi connectivity index (χ1n) is 5.93. The zero-order valence-corrected chi connectivity index (χ0v) is 10.3. The van der Waals surface area contributed by atoms with Crippen LogP contribution in [0.1, 0.15) is 33.1 Å². The van der Waals surface area contributed by atoms with Gasteiger partial charge in [0.25, 0.3) is 0 Å². The quantitative estimate of drug-likeness (QED) is 0.416. The van der Waals surface area contributed by atoms with Crippen molar-refractivity contribution in [3.63, 3.8) is 0 Å². The summed E-state index contributed by atoms with van der Waals surface area (Å²) < 4.78 is 0. The van der Waals surface area contributed by atoms with E-state index >= 15 is 0 Å². The van der Waals surface area contributed by atoms with Gasteiger partial charge in [0.15, 0.2) is 0 Å². The smallest absolute Gasteiger partial charge is 0.211 e. The molecule has 0 aliphatic heterocycles. The molecule has 0 heterocycles. The highest BCUT2D eigenvalue weighted by Crippen LogP contribution is 2.33. The molecule has 0 aromatic carbocycles. The summed E-state index contributed by atoms with van der Waals surface area (Å²) >= 11 is 0. The summed E-state index contributed by atoms with van der Waals surface area (Å²) in [6, 6.07) is 0. The Labute approximate surface area is 102 Å². The van der Waals surface area contributed by atoms with Crippen LogP contribution in [0.5, 0.6) is 0 Å². The zero-order chi connectivity index (χ0) is 12.7. The van der Waals surface area contributed by atoms with Crippen molar-refractivity contribution in [2.75, 3.05) is 6.54 Å². The molecule has 0 amide bonds. The molecule has 0 aromatic heterocycles. The Morgan fingerprint density at radius 1 is 1.47 bits per heavy atom. The van der Waals surface area contributed by atoms with Gasteiger partial charge in [-0.05, 0) is 38.0 Å². The molecule has 1 aliphatic carbocycles. The largest absolute Gasteiger partial charge is 0.235 e. The molecule has 0 saturated carbocycles. The summed E-state index contributed by atoms with van der Waals surface area (Å²) in [6.07, 6.45) is 10.1. The third kappa shape index (κ3) is 4.10. The first-order chi connectivity index (χ1) is 8.11.